The third kappa shape index (κ3) is 4.28. The van der Waals surface area contributed by atoms with Crippen molar-refractivity contribution in [1.82, 2.24) is 15.8 Å². The molecule has 0 saturated carbocycles. The van der Waals surface area contributed by atoms with Crippen LogP contribution >= 0.6 is 0 Å². The zero-order valence-corrected chi connectivity index (χ0v) is 27.6. The summed E-state index contributed by atoms with van der Waals surface area (Å²) in [5.41, 5.74) is 19.5. The molecule has 50 heavy (non-hydrogen) atoms. The molecule has 0 bridgehead atoms. The van der Waals surface area contributed by atoms with E-state index >= 15 is 0 Å². The van der Waals surface area contributed by atoms with Crippen LogP contribution < -0.4 is 15.6 Å². The molecule has 3 heterocycles. The number of dihydropyridines is 1. The molecule has 6 aromatic carbocycles. The Morgan fingerprint density at radius 3 is 2.00 bits per heavy atom. The Hall–Kier alpha value is -6.10. The van der Waals surface area contributed by atoms with Gasteiger partial charge in [-0.3, -0.25) is 0 Å². The molecule has 240 valence electrons. The van der Waals surface area contributed by atoms with E-state index in [1.807, 2.05) is 0 Å². The van der Waals surface area contributed by atoms with Gasteiger partial charge in [0.2, 0.25) is 0 Å². The first-order valence-corrected chi connectivity index (χ1v) is 17.5. The monoisotopic (exact) mass is 644 g/mol. The van der Waals surface area contributed by atoms with Gasteiger partial charge in [0.1, 0.15) is 0 Å². The number of anilines is 3. The fourth-order valence-electron chi connectivity index (χ4n) is 8.65. The average Bonchev–Trinajstić information content (AvgIpc) is 3.74. The summed E-state index contributed by atoms with van der Waals surface area (Å²) in [4.78, 5) is 2.44. The van der Waals surface area contributed by atoms with E-state index in [9.17, 15) is 0 Å². The lowest BCUT2D eigenvalue weighted by molar-refractivity contribution is 0.196. The van der Waals surface area contributed by atoms with Crippen LogP contribution in [0.15, 0.2) is 182 Å². The van der Waals surface area contributed by atoms with Gasteiger partial charge in [0.15, 0.2) is 0 Å². The number of fused-ring (bicyclic) bond motifs is 8. The Balaban J connectivity index is 1.20. The van der Waals surface area contributed by atoms with Gasteiger partial charge in [-0.15, -0.1) is 0 Å². The minimum Gasteiger partial charge on any atom is -0.381 e. The summed E-state index contributed by atoms with van der Waals surface area (Å²) in [5, 5.41) is 6.20. The fourth-order valence-corrected chi connectivity index (χ4v) is 8.65. The number of hydrogen-bond acceptors (Lipinski definition) is 4. The number of hydrazine groups is 1. The van der Waals surface area contributed by atoms with Gasteiger partial charge in [-0.1, -0.05) is 146 Å². The van der Waals surface area contributed by atoms with Crippen LogP contribution in [0.5, 0.6) is 0 Å². The van der Waals surface area contributed by atoms with E-state index in [1.54, 1.807) is 0 Å². The van der Waals surface area contributed by atoms with Crippen LogP contribution in [-0.2, 0) is 12.0 Å². The van der Waals surface area contributed by atoms with E-state index in [0.717, 1.165) is 24.5 Å². The van der Waals surface area contributed by atoms with Gasteiger partial charge in [0.25, 0.3) is 0 Å². The second-order valence-electron chi connectivity index (χ2n) is 13.4. The lowest BCUT2D eigenvalue weighted by atomic mass is 9.63. The van der Waals surface area contributed by atoms with Crippen molar-refractivity contribution < 1.29 is 0 Å². The molecule has 0 aromatic heterocycles. The van der Waals surface area contributed by atoms with Crippen molar-refractivity contribution in [2.75, 3.05) is 11.4 Å². The molecule has 0 fully saturated rings. The molecule has 1 unspecified atom stereocenters. The summed E-state index contributed by atoms with van der Waals surface area (Å²) >= 11 is 0. The predicted molar refractivity (Wildman–Crippen MR) is 204 cm³/mol. The zero-order valence-electron chi connectivity index (χ0n) is 27.6. The first-order chi connectivity index (χ1) is 24.8. The van der Waals surface area contributed by atoms with Gasteiger partial charge < -0.3 is 15.6 Å². The fraction of sp³-hybridized carbons (Fsp3) is 0.0870. The van der Waals surface area contributed by atoms with Crippen LogP contribution in [0.4, 0.5) is 17.1 Å². The average molecular weight is 645 g/mol. The molecule has 0 amide bonds. The van der Waals surface area contributed by atoms with E-state index < -0.39 is 5.41 Å². The van der Waals surface area contributed by atoms with E-state index in [4.69, 9.17) is 0 Å². The predicted octanol–water partition coefficient (Wildman–Crippen LogP) is 9.79. The van der Waals surface area contributed by atoms with E-state index in [-0.39, 0.29) is 6.04 Å². The van der Waals surface area contributed by atoms with Gasteiger partial charge >= 0.3 is 0 Å². The van der Waals surface area contributed by atoms with Crippen LogP contribution in [0.2, 0.25) is 0 Å². The molecular weight excluding hydrogens is 609 g/mol. The Morgan fingerprint density at radius 1 is 0.640 bits per heavy atom. The SMILES string of the molecule is C1=CC2=C(NC1)c1ccc(C3C=C(c4ccccc4)NN3Cc3ccccc3)cc1C21c2ccccc2N(c2ccccc2)c2ccccc21. The third-order valence-electron chi connectivity index (χ3n) is 10.7. The molecule has 0 radical (unpaired) electrons. The molecular formula is C46H36N4. The summed E-state index contributed by atoms with van der Waals surface area (Å²) in [7, 11) is 0. The summed E-state index contributed by atoms with van der Waals surface area (Å²) in [6.45, 7) is 1.59. The Bertz CT molecular complexity index is 2290. The van der Waals surface area contributed by atoms with Gasteiger partial charge in [-0.25, -0.2) is 5.01 Å². The van der Waals surface area contributed by atoms with Crippen LogP contribution in [0.3, 0.4) is 0 Å². The topological polar surface area (TPSA) is 30.5 Å². The van der Waals surface area contributed by atoms with Crippen molar-refractivity contribution in [3.63, 3.8) is 0 Å². The summed E-state index contributed by atoms with van der Waals surface area (Å²) in [6.07, 6.45) is 7.05. The maximum absolute atomic E-state index is 3.82. The van der Waals surface area contributed by atoms with E-state index in [2.05, 4.69) is 197 Å². The highest BCUT2D eigenvalue weighted by molar-refractivity contribution is 5.96. The van der Waals surface area contributed by atoms with Gasteiger partial charge in [0, 0.05) is 30.0 Å². The second kappa shape index (κ2) is 11.5. The summed E-state index contributed by atoms with van der Waals surface area (Å²) < 4.78 is 0. The number of allylic oxidation sites excluding steroid dienone is 2. The number of rotatable bonds is 5. The second-order valence-corrected chi connectivity index (χ2v) is 13.4. The molecule has 6 aromatic rings. The number of hydrogen-bond donors (Lipinski definition) is 2. The Kier molecular flexibility index (Phi) is 6.64. The molecule has 1 atom stereocenters. The van der Waals surface area contributed by atoms with E-state index in [0.29, 0.717) is 0 Å². The minimum atomic E-state index is -0.495. The Morgan fingerprint density at radius 2 is 1.28 bits per heavy atom. The normalized spacial score (nSPS) is 18.1. The summed E-state index contributed by atoms with van der Waals surface area (Å²) in [5.74, 6) is 0. The highest BCUT2D eigenvalue weighted by Gasteiger charge is 2.53. The standard InChI is InChI=1S/C46H36N4/c1-4-15-32(16-5-1)31-49-44(30-41(48-49)33-17-6-2-7-18-33)34-26-27-36-40(29-34)46(39-23-14-28-47-45(36)39)37-21-10-12-24-42(37)50(35-19-8-3-9-20-35)43-25-13-11-22-38(43)46/h1-27,29-30,44,47-48H,28,31H2. The molecule has 3 aliphatic heterocycles. The molecule has 0 saturated heterocycles. The number of benzene rings is 6. The quantitative estimate of drug-likeness (QED) is 0.196. The molecule has 1 aliphatic carbocycles. The first-order valence-electron chi connectivity index (χ1n) is 17.5. The van der Waals surface area contributed by atoms with Crippen LogP contribution in [0, 0.1) is 0 Å². The van der Waals surface area contributed by atoms with Gasteiger partial charge in [-0.05, 0) is 69.3 Å². The molecule has 10 rings (SSSR count). The molecule has 4 aliphatic rings. The largest absolute Gasteiger partial charge is 0.381 e. The molecule has 1 spiro atoms. The van der Waals surface area contributed by atoms with Crippen molar-refractivity contribution >= 4 is 28.5 Å². The van der Waals surface area contributed by atoms with Crippen LogP contribution in [0.25, 0.3) is 11.4 Å². The highest BCUT2D eigenvalue weighted by atomic mass is 15.5. The highest BCUT2D eigenvalue weighted by Crippen LogP contribution is 2.63. The first kappa shape index (κ1) is 28.9. The lowest BCUT2D eigenvalue weighted by Gasteiger charge is -2.45. The van der Waals surface area contributed by atoms with Gasteiger partial charge in [0.05, 0.1) is 28.5 Å². The van der Waals surface area contributed by atoms with Crippen molar-refractivity contribution in [2.24, 2.45) is 0 Å². The minimum absolute atomic E-state index is 0.0313. The zero-order chi connectivity index (χ0) is 33.1. The lowest BCUT2D eigenvalue weighted by Crippen LogP contribution is -2.37. The third-order valence-corrected chi connectivity index (χ3v) is 10.7. The summed E-state index contributed by atoms with van der Waals surface area (Å²) in [6, 6.07) is 57.5. The molecule has 4 nitrogen and oxygen atoms in total. The number of nitrogens with one attached hydrogen (secondary N) is 2. The van der Waals surface area contributed by atoms with Crippen LogP contribution in [0.1, 0.15) is 45.0 Å². The number of nitrogens with zero attached hydrogens (tertiary/aromatic N) is 2. The van der Waals surface area contributed by atoms with E-state index in [1.165, 1.54) is 61.6 Å². The van der Waals surface area contributed by atoms with Crippen molar-refractivity contribution in [1.29, 1.82) is 0 Å². The van der Waals surface area contributed by atoms with Crippen molar-refractivity contribution in [3.05, 3.63) is 220 Å². The molecule has 4 heteroatoms. The van der Waals surface area contributed by atoms with Gasteiger partial charge in [-0.2, -0.15) is 0 Å². The maximum Gasteiger partial charge on any atom is 0.0769 e. The molecule has 2 N–H and O–H groups in total. The van der Waals surface area contributed by atoms with Crippen LogP contribution in [-0.4, -0.2) is 11.6 Å². The number of para-hydroxylation sites is 3. The Labute approximate surface area is 293 Å². The van der Waals surface area contributed by atoms with Crippen molar-refractivity contribution in [2.45, 2.75) is 18.0 Å². The van der Waals surface area contributed by atoms with Crippen molar-refractivity contribution in [3.8, 4) is 0 Å². The maximum atomic E-state index is 3.82. The smallest absolute Gasteiger partial charge is 0.0769 e.